The summed E-state index contributed by atoms with van der Waals surface area (Å²) in [6.07, 6.45) is 1.52. The zero-order valence-corrected chi connectivity index (χ0v) is 4.31. The molecule has 0 spiro atoms. The summed E-state index contributed by atoms with van der Waals surface area (Å²) in [5.41, 5.74) is -0.190. The predicted octanol–water partition coefficient (Wildman–Crippen LogP) is 0.653. The van der Waals surface area contributed by atoms with Gasteiger partial charge in [-0.05, 0) is 0 Å². The van der Waals surface area contributed by atoms with Crippen molar-refractivity contribution in [3.63, 3.8) is 0 Å². The van der Waals surface area contributed by atoms with Crippen LogP contribution in [0.2, 0.25) is 5.54 Å². The van der Waals surface area contributed by atoms with Crippen LogP contribution in [0.5, 0.6) is 0 Å². The summed E-state index contributed by atoms with van der Waals surface area (Å²) in [6.45, 7) is 3.36. The van der Waals surface area contributed by atoms with Crippen molar-refractivity contribution >= 4 is 10.2 Å². The van der Waals surface area contributed by atoms with Crippen molar-refractivity contribution < 1.29 is 0 Å². The number of nitriles is 1. The average Bonchev–Trinajstić information content (AvgIpc) is 1.65. The van der Waals surface area contributed by atoms with E-state index < -0.39 is 0 Å². The van der Waals surface area contributed by atoms with E-state index in [0.29, 0.717) is 0 Å². The summed E-state index contributed by atoms with van der Waals surface area (Å²) < 4.78 is 0. The van der Waals surface area contributed by atoms with Gasteiger partial charge >= 0.3 is 0 Å². The largest absolute Gasteiger partial charge is 0.198 e. The first kappa shape index (κ1) is 5.45. The molecule has 0 heterocycles. The Morgan fingerprint density at radius 3 is 2.50 bits per heavy atom. The average molecular weight is 94.2 g/mol. The van der Waals surface area contributed by atoms with Crippen LogP contribution in [0, 0.1) is 11.3 Å². The number of hydrogen-bond donors (Lipinski definition) is 0. The molecule has 0 aliphatic heterocycles. The van der Waals surface area contributed by atoms with Crippen LogP contribution in [0.25, 0.3) is 0 Å². The monoisotopic (exact) mass is 94.0 g/mol. The molecule has 29 valence electrons. The van der Waals surface area contributed by atoms with E-state index in [2.05, 4.69) is 16.8 Å². The second-order valence-electron chi connectivity index (χ2n) is 0.842. The van der Waals surface area contributed by atoms with Crippen molar-refractivity contribution in [2.24, 2.45) is 0 Å². The quantitative estimate of drug-likeness (QED) is 0.346. The zero-order chi connectivity index (χ0) is 4.99. The Morgan fingerprint density at radius 1 is 2.00 bits per heavy atom. The summed E-state index contributed by atoms with van der Waals surface area (Å²) >= 11 is 0. The zero-order valence-electron chi connectivity index (χ0n) is 3.31. The minimum absolute atomic E-state index is 0.190. The van der Waals surface area contributed by atoms with Gasteiger partial charge in [-0.25, -0.2) is 0 Å². The molecule has 1 nitrogen and oxygen atoms in total. The highest BCUT2D eigenvalue weighted by atomic mass is 28.1. The van der Waals surface area contributed by atoms with Gasteiger partial charge < -0.3 is 0 Å². The molecule has 0 aromatic carbocycles. The molecule has 0 saturated heterocycles. The first-order valence-corrected chi connectivity index (χ1v) is 2.12. The molecular weight excluding hydrogens is 90.1 g/mol. The van der Waals surface area contributed by atoms with E-state index >= 15 is 0 Å². The van der Waals surface area contributed by atoms with Gasteiger partial charge in [0, 0.05) is 5.54 Å². The Kier molecular flexibility index (Phi) is 2.43. The van der Waals surface area contributed by atoms with Crippen molar-refractivity contribution in [3.05, 3.63) is 12.7 Å². The molecule has 0 N–H and O–H groups in total. The third-order valence-corrected chi connectivity index (χ3v) is 0.740. The minimum Gasteiger partial charge on any atom is -0.198 e. The molecule has 3 radical (unpaired) electrons. The Bertz CT molecular complexity index is 82.0. The van der Waals surface area contributed by atoms with Crippen molar-refractivity contribution in [2.75, 3.05) is 0 Å². The summed E-state index contributed by atoms with van der Waals surface area (Å²) in [5, 5.41) is 7.96. The number of rotatable bonds is 1. The first-order valence-electron chi connectivity index (χ1n) is 1.54. The van der Waals surface area contributed by atoms with Gasteiger partial charge in [0.15, 0.2) is 0 Å². The molecule has 0 saturated carbocycles. The number of hydrogen-bond acceptors (Lipinski definition) is 1. The van der Waals surface area contributed by atoms with E-state index in [1.807, 2.05) is 6.07 Å². The molecule has 0 amide bonds. The highest BCUT2D eigenvalue weighted by molar-refractivity contribution is 6.14. The maximum absolute atomic E-state index is 7.96. The lowest BCUT2D eigenvalue weighted by Crippen LogP contribution is -1.75. The summed E-state index contributed by atoms with van der Waals surface area (Å²) in [7, 11) is 3.04. The number of allylic oxidation sites excluding steroid dienone is 1. The predicted molar refractivity (Wildman–Crippen MR) is 25.3 cm³/mol. The van der Waals surface area contributed by atoms with Crippen LogP contribution in [0.15, 0.2) is 12.7 Å². The van der Waals surface area contributed by atoms with Crippen LogP contribution < -0.4 is 0 Å². The highest BCUT2D eigenvalue weighted by Gasteiger charge is 1.84. The van der Waals surface area contributed by atoms with Gasteiger partial charge in [-0.1, -0.05) is 6.08 Å². The molecule has 0 fully saturated rings. The highest BCUT2D eigenvalue weighted by Crippen LogP contribution is 1.91. The summed E-state index contributed by atoms with van der Waals surface area (Å²) in [4.78, 5) is 0. The normalized spacial score (nSPS) is 12.0. The lowest BCUT2D eigenvalue weighted by Gasteiger charge is -1.80. The van der Waals surface area contributed by atoms with Crippen LogP contribution in [0.3, 0.4) is 0 Å². The maximum Gasteiger partial charge on any atom is 0.0655 e. The Hall–Kier alpha value is -0.553. The van der Waals surface area contributed by atoms with Gasteiger partial charge in [0.1, 0.15) is 0 Å². The van der Waals surface area contributed by atoms with E-state index in [4.69, 9.17) is 5.26 Å². The molecule has 0 aromatic rings. The van der Waals surface area contributed by atoms with Gasteiger partial charge in [-0.2, -0.15) is 5.26 Å². The second kappa shape index (κ2) is 2.67. The van der Waals surface area contributed by atoms with Gasteiger partial charge in [-0.15, -0.1) is 6.58 Å². The standard InChI is InChI=1S/C4H4NSi/c1-2-4(6)3-5/h2,4H,1H2. The third-order valence-electron chi connectivity index (χ3n) is 0.375. The van der Waals surface area contributed by atoms with Gasteiger partial charge in [0.25, 0.3) is 0 Å². The van der Waals surface area contributed by atoms with Crippen molar-refractivity contribution in [2.45, 2.75) is 5.54 Å². The van der Waals surface area contributed by atoms with Crippen LogP contribution in [-0.4, -0.2) is 10.2 Å². The van der Waals surface area contributed by atoms with E-state index in [1.165, 1.54) is 6.08 Å². The molecule has 0 bridgehead atoms. The van der Waals surface area contributed by atoms with Gasteiger partial charge in [-0.3, -0.25) is 0 Å². The van der Waals surface area contributed by atoms with Crippen LogP contribution in [-0.2, 0) is 0 Å². The van der Waals surface area contributed by atoms with E-state index in [1.54, 1.807) is 0 Å². The molecule has 0 aliphatic carbocycles. The smallest absolute Gasteiger partial charge is 0.0655 e. The first-order chi connectivity index (χ1) is 2.81. The van der Waals surface area contributed by atoms with Crippen LogP contribution in [0.4, 0.5) is 0 Å². The Labute approximate surface area is 40.7 Å². The molecule has 2 heteroatoms. The fraction of sp³-hybridized carbons (Fsp3) is 0.250. The molecule has 1 unspecified atom stereocenters. The van der Waals surface area contributed by atoms with Gasteiger partial charge in [0.2, 0.25) is 0 Å². The Morgan fingerprint density at radius 2 is 2.50 bits per heavy atom. The molecule has 0 rings (SSSR count). The molecule has 0 aliphatic rings. The van der Waals surface area contributed by atoms with Crippen molar-refractivity contribution in [3.8, 4) is 6.07 Å². The van der Waals surface area contributed by atoms with Crippen molar-refractivity contribution in [1.29, 1.82) is 5.26 Å². The SMILES string of the molecule is C=CC([Si])C#N. The lowest BCUT2D eigenvalue weighted by molar-refractivity contribution is 1.35. The third kappa shape index (κ3) is 1.74. The van der Waals surface area contributed by atoms with Crippen molar-refractivity contribution in [1.82, 2.24) is 0 Å². The minimum atomic E-state index is -0.190. The Balaban J connectivity index is 3.30. The second-order valence-corrected chi connectivity index (χ2v) is 1.46. The molecule has 0 aromatic heterocycles. The van der Waals surface area contributed by atoms with E-state index in [0.717, 1.165) is 0 Å². The summed E-state index contributed by atoms with van der Waals surface area (Å²) in [6, 6.07) is 1.91. The molecule has 1 atom stereocenters. The number of nitrogens with zero attached hydrogens (tertiary/aromatic N) is 1. The fourth-order valence-electron chi connectivity index (χ4n) is 0.0527. The summed E-state index contributed by atoms with van der Waals surface area (Å²) in [5.74, 6) is 0. The van der Waals surface area contributed by atoms with E-state index in [-0.39, 0.29) is 5.54 Å². The maximum atomic E-state index is 7.96. The lowest BCUT2D eigenvalue weighted by atomic mass is 10.5. The van der Waals surface area contributed by atoms with E-state index in [9.17, 15) is 0 Å². The molecular formula is C4H4NSi. The van der Waals surface area contributed by atoms with Crippen LogP contribution >= 0.6 is 0 Å². The topological polar surface area (TPSA) is 23.8 Å². The van der Waals surface area contributed by atoms with Crippen LogP contribution in [0.1, 0.15) is 0 Å². The van der Waals surface area contributed by atoms with Gasteiger partial charge in [0.05, 0.1) is 16.3 Å². The fourth-order valence-corrected chi connectivity index (χ4v) is 0.0527. The molecule has 6 heavy (non-hydrogen) atoms.